The van der Waals surface area contributed by atoms with Crippen molar-refractivity contribution in [1.82, 2.24) is 10.2 Å². The molecule has 7 heteroatoms. The van der Waals surface area contributed by atoms with Crippen LogP contribution in [0.4, 0.5) is 4.79 Å². The Morgan fingerprint density at radius 1 is 0.739 bits per heavy atom. The van der Waals surface area contributed by atoms with Gasteiger partial charge in [-0.15, -0.1) is 0 Å². The van der Waals surface area contributed by atoms with E-state index in [0.29, 0.717) is 6.42 Å². The van der Waals surface area contributed by atoms with E-state index in [-0.39, 0.29) is 25.5 Å². The van der Waals surface area contributed by atoms with Crippen LogP contribution in [0.15, 0.2) is 133 Å². The largest absolute Gasteiger partial charge is 0.445 e. The average Bonchev–Trinajstić information content (AvgIpc) is 3.09. The Hall–Kier alpha value is -5.43. The predicted molar refractivity (Wildman–Crippen MR) is 181 cm³/mol. The van der Waals surface area contributed by atoms with Gasteiger partial charge in [0.2, 0.25) is 11.8 Å². The van der Waals surface area contributed by atoms with E-state index in [0.717, 1.165) is 33.0 Å². The number of fused-ring (bicyclic) bond motifs is 1. The number of carbonyl (C=O) groups excluding carboxylic acids is 3. The smallest absolute Gasteiger partial charge is 0.407 e. The van der Waals surface area contributed by atoms with Crippen LogP contribution in [-0.4, -0.2) is 35.4 Å². The predicted octanol–water partition coefficient (Wildman–Crippen LogP) is 7.12. The van der Waals surface area contributed by atoms with Crippen molar-refractivity contribution in [3.05, 3.63) is 156 Å². The van der Waals surface area contributed by atoms with Gasteiger partial charge in [0, 0.05) is 6.54 Å². The van der Waals surface area contributed by atoms with Gasteiger partial charge >= 0.3 is 6.09 Å². The van der Waals surface area contributed by atoms with E-state index in [1.807, 2.05) is 140 Å². The van der Waals surface area contributed by atoms with Crippen molar-refractivity contribution in [2.75, 3.05) is 6.54 Å². The molecule has 0 unspecified atom stereocenters. The monoisotopic (exact) mass is 613 g/mol. The van der Waals surface area contributed by atoms with Gasteiger partial charge in [-0.1, -0.05) is 133 Å². The van der Waals surface area contributed by atoms with Gasteiger partial charge in [-0.25, -0.2) is 4.79 Å². The zero-order valence-electron chi connectivity index (χ0n) is 25.9. The van der Waals surface area contributed by atoms with Crippen LogP contribution >= 0.6 is 0 Å². The molecule has 234 valence electrons. The molecule has 0 aromatic heterocycles. The van der Waals surface area contributed by atoms with Gasteiger partial charge in [0.25, 0.3) is 0 Å². The van der Waals surface area contributed by atoms with E-state index in [9.17, 15) is 14.4 Å². The zero-order chi connectivity index (χ0) is 32.3. The number of amides is 3. The fourth-order valence-corrected chi connectivity index (χ4v) is 5.98. The number of nitrogens with zero attached hydrogens (tertiary/aromatic N) is 1. The fraction of sp³-hybridized carbons (Fsp3) is 0.205. The van der Waals surface area contributed by atoms with E-state index < -0.39 is 30.0 Å². The second-order valence-corrected chi connectivity index (χ2v) is 11.3. The molecule has 0 saturated carbocycles. The Bertz CT molecular complexity index is 1700. The molecule has 5 aromatic carbocycles. The lowest BCUT2D eigenvalue weighted by Crippen LogP contribution is -2.51. The van der Waals surface area contributed by atoms with Crippen molar-refractivity contribution in [2.45, 2.75) is 44.4 Å². The average molecular weight is 614 g/mol. The van der Waals surface area contributed by atoms with Crippen molar-refractivity contribution in [1.29, 1.82) is 0 Å². The summed E-state index contributed by atoms with van der Waals surface area (Å²) >= 11 is 0. The first-order chi connectivity index (χ1) is 22.4. The van der Waals surface area contributed by atoms with E-state index >= 15 is 0 Å². The van der Waals surface area contributed by atoms with Crippen molar-refractivity contribution in [3.63, 3.8) is 0 Å². The highest BCUT2D eigenvalue weighted by atomic mass is 16.5. The minimum absolute atomic E-state index is 0.155. The molecule has 0 aliphatic rings. The molecule has 0 aliphatic carbocycles. The molecule has 3 amide bonds. The summed E-state index contributed by atoms with van der Waals surface area (Å²) in [6, 6.07) is 41.2. The Kier molecular flexibility index (Phi) is 10.8. The second-order valence-electron chi connectivity index (χ2n) is 11.3. The van der Waals surface area contributed by atoms with Crippen LogP contribution in [0.25, 0.3) is 10.8 Å². The molecule has 0 fully saturated rings. The number of ether oxygens (including phenoxy) is 1. The number of hydrogen-bond acceptors (Lipinski definition) is 4. The van der Waals surface area contributed by atoms with Crippen LogP contribution in [0.5, 0.6) is 0 Å². The molecule has 5 rings (SSSR count). The third kappa shape index (κ3) is 7.80. The molecule has 5 aromatic rings. The molecule has 0 aliphatic heterocycles. The number of nitrogens with one attached hydrogen (secondary N) is 1. The van der Waals surface area contributed by atoms with Gasteiger partial charge in [-0.3, -0.25) is 9.59 Å². The van der Waals surface area contributed by atoms with E-state index in [1.54, 1.807) is 4.90 Å². The Morgan fingerprint density at radius 2 is 1.30 bits per heavy atom. The van der Waals surface area contributed by atoms with Crippen LogP contribution in [0.2, 0.25) is 0 Å². The third-order valence-electron chi connectivity index (χ3n) is 8.26. The topological polar surface area (TPSA) is 102 Å². The van der Waals surface area contributed by atoms with Gasteiger partial charge in [0.1, 0.15) is 12.6 Å². The second kappa shape index (κ2) is 15.5. The summed E-state index contributed by atoms with van der Waals surface area (Å²) in [6.45, 7) is 2.35. The molecule has 0 saturated heterocycles. The molecular formula is C39H39N3O4. The Labute approximate surface area is 270 Å². The summed E-state index contributed by atoms with van der Waals surface area (Å²) < 4.78 is 5.33. The molecule has 0 bridgehead atoms. The normalized spacial score (nSPS) is 12.3. The first-order valence-corrected chi connectivity index (χ1v) is 15.6. The molecule has 7 nitrogen and oxygen atoms in total. The minimum Gasteiger partial charge on any atom is -0.445 e. The lowest BCUT2D eigenvalue weighted by atomic mass is 9.87. The van der Waals surface area contributed by atoms with Gasteiger partial charge in [-0.2, -0.15) is 0 Å². The first kappa shape index (κ1) is 32.0. The SMILES string of the molecule is C[C@H](c1cccc2ccccc12)N(C(=O)C(c1ccccc1)c1ccccc1)[C@H](CCCNC(=O)OCc1ccccc1)C(N)=O. The minimum atomic E-state index is -0.932. The summed E-state index contributed by atoms with van der Waals surface area (Å²) in [5.74, 6) is -1.49. The zero-order valence-corrected chi connectivity index (χ0v) is 25.9. The highest BCUT2D eigenvalue weighted by Crippen LogP contribution is 2.35. The highest BCUT2D eigenvalue weighted by Gasteiger charge is 2.38. The summed E-state index contributed by atoms with van der Waals surface area (Å²) in [7, 11) is 0. The van der Waals surface area contributed by atoms with Crippen molar-refractivity contribution in [3.8, 4) is 0 Å². The molecule has 46 heavy (non-hydrogen) atoms. The lowest BCUT2D eigenvalue weighted by molar-refractivity contribution is -0.142. The van der Waals surface area contributed by atoms with Gasteiger partial charge in [0.15, 0.2) is 0 Å². The maximum Gasteiger partial charge on any atom is 0.407 e. The molecule has 2 atom stereocenters. The molecule has 0 spiro atoms. The number of carbonyl (C=O) groups is 3. The number of alkyl carbamates (subject to hydrolysis) is 1. The first-order valence-electron chi connectivity index (χ1n) is 15.6. The van der Waals surface area contributed by atoms with Crippen LogP contribution in [-0.2, 0) is 20.9 Å². The summed E-state index contributed by atoms with van der Waals surface area (Å²) in [5.41, 5.74) is 9.53. The number of benzene rings is 5. The quantitative estimate of drug-likeness (QED) is 0.138. The molecule has 0 radical (unpaired) electrons. The van der Waals surface area contributed by atoms with E-state index in [2.05, 4.69) is 5.32 Å². The van der Waals surface area contributed by atoms with Crippen molar-refractivity contribution in [2.24, 2.45) is 5.73 Å². The maximum absolute atomic E-state index is 14.9. The molecule has 0 heterocycles. The van der Waals surface area contributed by atoms with Crippen molar-refractivity contribution >= 4 is 28.7 Å². The van der Waals surface area contributed by atoms with Crippen molar-refractivity contribution < 1.29 is 19.1 Å². The molecule has 3 N–H and O–H groups in total. The van der Waals surface area contributed by atoms with Crippen LogP contribution in [0.1, 0.15) is 54.0 Å². The Balaban J connectivity index is 1.43. The third-order valence-corrected chi connectivity index (χ3v) is 8.26. The summed E-state index contributed by atoms with van der Waals surface area (Å²) in [5, 5.41) is 4.79. The number of nitrogens with two attached hydrogens (primary N) is 1. The number of rotatable bonds is 13. The maximum atomic E-state index is 14.9. The van der Waals surface area contributed by atoms with E-state index in [1.165, 1.54) is 0 Å². The number of hydrogen-bond donors (Lipinski definition) is 2. The van der Waals surface area contributed by atoms with Gasteiger partial charge in [-0.05, 0) is 52.8 Å². The van der Waals surface area contributed by atoms with E-state index in [4.69, 9.17) is 10.5 Å². The standard InChI is InChI=1S/C39H39N3O4/c1-28(33-24-13-22-30-17-11-12-23-34(30)33)42(38(44)36(31-18-7-3-8-19-31)32-20-9-4-10-21-32)35(37(40)43)25-14-26-41-39(45)46-27-29-15-5-2-6-16-29/h2-13,15-24,28,35-36H,14,25-27H2,1H3,(H2,40,43)(H,41,45)/t28-,35-/m1/s1. The van der Waals surface area contributed by atoms with Crippen LogP contribution < -0.4 is 11.1 Å². The summed E-state index contributed by atoms with van der Waals surface area (Å²) in [6.07, 6.45) is 0.108. The van der Waals surface area contributed by atoms with Gasteiger partial charge in [0.05, 0.1) is 12.0 Å². The van der Waals surface area contributed by atoms with Crippen LogP contribution in [0.3, 0.4) is 0 Å². The van der Waals surface area contributed by atoms with Gasteiger partial charge < -0.3 is 20.7 Å². The molecular weight excluding hydrogens is 574 g/mol. The number of primary amides is 1. The lowest BCUT2D eigenvalue weighted by Gasteiger charge is -2.38. The summed E-state index contributed by atoms with van der Waals surface area (Å²) in [4.78, 5) is 42.2. The van der Waals surface area contributed by atoms with Crippen LogP contribution in [0, 0.1) is 0 Å². The Morgan fingerprint density at radius 3 is 1.93 bits per heavy atom. The highest BCUT2D eigenvalue weighted by molar-refractivity contribution is 5.93. The fourth-order valence-electron chi connectivity index (χ4n) is 5.98.